The van der Waals surface area contributed by atoms with Gasteiger partial charge in [0, 0.05) is 22.5 Å². The lowest BCUT2D eigenvalue weighted by molar-refractivity contribution is -0.136. The summed E-state index contributed by atoms with van der Waals surface area (Å²) in [7, 11) is 3.16. The van der Waals surface area contributed by atoms with Crippen LogP contribution >= 0.6 is 0 Å². The molecule has 1 aromatic heterocycles. The predicted octanol–water partition coefficient (Wildman–Crippen LogP) is 5.27. The van der Waals surface area contributed by atoms with Gasteiger partial charge in [0.1, 0.15) is 23.0 Å². The molecule has 30 heavy (non-hydrogen) atoms. The quantitative estimate of drug-likeness (QED) is 0.439. The van der Waals surface area contributed by atoms with E-state index in [2.05, 4.69) is 4.98 Å². The summed E-state index contributed by atoms with van der Waals surface area (Å²) in [5, 5.41) is 10.3. The maximum Gasteiger partial charge on any atom is 0.307 e. The fourth-order valence-electron chi connectivity index (χ4n) is 3.48. The second kappa shape index (κ2) is 8.21. The SMILES string of the molecule is COc1ccc(-c2[nH]c3ccc(Oc4ccccc4)cc3c2CC(=O)O)c(OC)c1. The van der Waals surface area contributed by atoms with Gasteiger partial charge in [0.05, 0.1) is 26.3 Å². The van der Waals surface area contributed by atoms with Crippen LogP contribution in [0.5, 0.6) is 23.0 Å². The second-order valence-corrected chi connectivity index (χ2v) is 6.74. The Morgan fingerprint density at radius 2 is 1.67 bits per heavy atom. The first-order chi connectivity index (χ1) is 14.6. The molecule has 6 heteroatoms. The number of aromatic amines is 1. The van der Waals surface area contributed by atoms with E-state index < -0.39 is 5.97 Å². The van der Waals surface area contributed by atoms with E-state index in [1.165, 1.54) is 0 Å². The maximum atomic E-state index is 11.6. The molecule has 152 valence electrons. The summed E-state index contributed by atoms with van der Waals surface area (Å²) in [5.41, 5.74) is 2.94. The van der Waals surface area contributed by atoms with Crippen LogP contribution in [0.3, 0.4) is 0 Å². The van der Waals surface area contributed by atoms with Crippen LogP contribution in [0.2, 0.25) is 0 Å². The summed E-state index contributed by atoms with van der Waals surface area (Å²) in [6, 6.07) is 20.5. The molecule has 2 N–H and O–H groups in total. The number of benzene rings is 3. The van der Waals surface area contributed by atoms with Crippen molar-refractivity contribution < 1.29 is 24.1 Å². The Hall–Kier alpha value is -3.93. The van der Waals surface area contributed by atoms with Gasteiger partial charge >= 0.3 is 5.97 Å². The summed E-state index contributed by atoms with van der Waals surface area (Å²) >= 11 is 0. The molecule has 4 aromatic rings. The van der Waals surface area contributed by atoms with Crippen LogP contribution in [0.15, 0.2) is 66.7 Å². The van der Waals surface area contributed by atoms with Crippen LogP contribution in [0.1, 0.15) is 5.56 Å². The molecule has 0 amide bonds. The molecule has 1 heterocycles. The summed E-state index contributed by atoms with van der Waals surface area (Å²) in [5.74, 6) is 1.68. The number of nitrogens with one attached hydrogen (secondary N) is 1. The molecule has 3 aromatic carbocycles. The van der Waals surface area contributed by atoms with Crippen molar-refractivity contribution >= 4 is 16.9 Å². The number of hydrogen-bond acceptors (Lipinski definition) is 4. The van der Waals surface area contributed by atoms with Crippen LogP contribution in [0, 0.1) is 0 Å². The third kappa shape index (κ3) is 3.80. The highest BCUT2D eigenvalue weighted by atomic mass is 16.5. The van der Waals surface area contributed by atoms with Crippen LogP contribution in [0.25, 0.3) is 22.2 Å². The molecule has 0 fully saturated rings. The van der Waals surface area contributed by atoms with E-state index in [-0.39, 0.29) is 6.42 Å². The number of rotatable bonds is 7. The van der Waals surface area contributed by atoms with Gasteiger partial charge in [-0.2, -0.15) is 0 Å². The van der Waals surface area contributed by atoms with Gasteiger partial charge in [-0.05, 0) is 48.0 Å². The normalized spacial score (nSPS) is 10.7. The van der Waals surface area contributed by atoms with Gasteiger partial charge in [0.25, 0.3) is 0 Å². The van der Waals surface area contributed by atoms with Gasteiger partial charge in [-0.3, -0.25) is 4.79 Å². The molecule has 0 bridgehead atoms. The van der Waals surface area contributed by atoms with Crippen molar-refractivity contribution in [3.05, 3.63) is 72.3 Å². The molecule has 0 atom stereocenters. The largest absolute Gasteiger partial charge is 0.497 e. The predicted molar refractivity (Wildman–Crippen MR) is 115 cm³/mol. The minimum atomic E-state index is -0.918. The van der Waals surface area contributed by atoms with E-state index in [0.717, 1.165) is 16.5 Å². The lowest BCUT2D eigenvalue weighted by atomic mass is 10.0. The van der Waals surface area contributed by atoms with E-state index in [4.69, 9.17) is 14.2 Å². The molecule has 6 nitrogen and oxygen atoms in total. The van der Waals surface area contributed by atoms with Crippen LogP contribution in [-0.4, -0.2) is 30.3 Å². The Balaban J connectivity index is 1.85. The first-order valence-corrected chi connectivity index (χ1v) is 9.40. The van der Waals surface area contributed by atoms with Gasteiger partial charge in [-0.15, -0.1) is 0 Å². The molecule has 0 spiro atoms. The van der Waals surface area contributed by atoms with Crippen LogP contribution in [0.4, 0.5) is 0 Å². The Bertz CT molecular complexity index is 1200. The Kier molecular flexibility index (Phi) is 5.30. The maximum absolute atomic E-state index is 11.6. The third-order valence-corrected chi connectivity index (χ3v) is 4.86. The lowest BCUT2D eigenvalue weighted by Crippen LogP contribution is -2.01. The van der Waals surface area contributed by atoms with Crippen LogP contribution < -0.4 is 14.2 Å². The highest BCUT2D eigenvalue weighted by molar-refractivity contribution is 5.95. The van der Waals surface area contributed by atoms with Gasteiger partial charge in [0.2, 0.25) is 0 Å². The van der Waals surface area contributed by atoms with E-state index in [1.807, 2.05) is 60.7 Å². The molecule has 0 saturated carbocycles. The number of ether oxygens (including phenoxy) is 3. The number of para-hydroxylation sites is 1. The number of fused-ring (bicyclic) bond motifs is 1. The van der Waals surface area contributed by atoms with Crippen molar-refractivity contribution in [2.45, 2.75) is 6.42 Å². The smallest absolute Gasteiger partial charge is 0.307 e. The van der Waals surface area contributed by atoms with Crippen molar-refractivity contribution in [2.75, 3.05) is 14.2 Å². The zero-order valence-electron chi connectivity index (χ0n) is 16.6. The number of carboxylic acids is 1. The average molecular weight is 403 g/mol. The average Bonchev–Trinajstić information content (AvgIpc) is 3.11. The molecular formula is C24H21NO5. The Morgan fingerprint density at radius 3 is 2.37 bits per heavy atom. The summed E-state index contributed by atoms with van der Waals surface area (Å²) in [6.45, 7) is 0. The molecule has 0 unspecified atom stereocenters. The highest BCUT2D eigenvalue weighted by Gasteiger charge is 2.19. The number of H-pyrrole nitrogens is 1. The summed E-state index contributed by atoms with van der Waals surface area (Å²) in [4.78, 5) is 15.0. The number of aliphatic carboxylic acids is 1. The van der Waals surface area contributed by atoms with E-state index >= 15 is 0 Å². The summed E-state index contributed by atoms with van der Waals surface area (Å²) in [6.07, 6.45) is -0.140. The number of carbonyl (C=O) groups is 1. The fraction of sp³-hybridized carbons (Fsp3) is 0.125. The zero-order chi connectivity index (χ0) is 21.1. The molecule has 0 saturated heterocycles. The van der Waals surface area contributed by atoms with Crippen molar-refractivity contribution in [1.29, 1.82) is 0 Å². The van der Waals surface area contributed by atoms with Crippen molar-refractivity contribution in [2.24, 2.45) is 0 Å². The first kappa shape index (κ1) is 19.4. The number of aromatic nitrogens is 1. The first-order valence-electron chi connectivity index (χ1n) is 9.40. The standard InChI is InChI=1S/C24H21NO5/c1-28-16-8-10-18(22(13-16)29-2)24-20(14-23(26)27)19-12-17(9-11-21(19)25-24)30-15-6-4-3-5-7-15/h3-13,25H,14H2,1-2H3,(H,26,27). The molecule has 0 radical (unpaired) electrons. The monoisotopic (exact) mass is 403 g/mol. The number of methoxy groups -OCH3 is 2. The Labute approximate surface area is 173 Å². The third-order valence-electron chi connectivity index (χ3n) is 4.86. The minimum Gasteiger partial charge on any atom is -0.497 e. The lowest BCUT2D eigenvalue weighted by Gasteiger charge is -2.11. The fourth-order valence-corrected chi connectivity index (χ4v) is 3.48. The molecule has 4 rings (SSSR count). The second-order valence-electron chi connectivity index (χ2n) is 6.74. The van der Waals surface area contributed by atoms with Gasteiger partial charge in [-0.1, -0.05) is 18.2 Å². The molecule has 0 aliphatic heterocycles. The highest BCUT2D eigenvalue weighted by Crippen LogP contribution is 2.39. The molecule has 0 aliphatic rings. The van der Waals surface area contributed by atoms with Gasteiger partial charge in [0.15, 0.2) is 0 Å². The van der Waals surface area contributed by atoms with Crippen molar-refractivity contribution in [3.8, 4) is 34.3 Å². The topological polar surface area (TPSA) is 80.8 Å². The van der Waals surface area contributed by atoms with Gasteiger partial charge in [-0.25, -0.2) is 0 Å². The van der Waals surface area contributed by atoms with E-state index in [1.54, 1.807) is 20.3 Å². The number of carboxylic acid groups (broad SMARTS) is 1. The van der Waals surface area contributed by atoms with Crippen molar-refractivity contribution in [3.63, 3.8) is 0 Å². The minimum absolute atomic E-state index is 0.140. The Morgan fingerprint density at radius 1 is 0.900 bits per heavy atom. The molecule has 0 aliphatic carbocycles. The number of hydrogen-bond donors (Lipinski definition) is 2. The van der Waals surface area contributed by atoms with Crippen molar-refractivity contribution in [1.82, 2.24) is 4.98 Å². The van der Waals surface area contributed by atoms with Crippen LogP contribution in [-0.2, 0) is 11.2 Å². The van der Waals surface area contributed by atoms with E-state index in [0.29, 0.717) is 34.3 Å². The zero-order valence-corrected chi connectivity index (χ0v) is 16.6. The van der Waals surface area contributed by atoms with Gasteiger partial charge < -0.3 is 24.3 Å². The molecular weight excluding hydrogens is 382 g/mol. The summed E-state index contributed by atoms with van der Waals surface area (Å²) < 4.78 is 16.7. The van der Waals surface area contributed by atoms with E-state index in [9.17, 15) is 9.90 Å².